The predicted molar refractivity (Wildman–Crippen MR) is 76.7 cm³/mol. The monoisotopic (exact) mass is 254 g/mol. The Bertz CT molecular complexity index is 463. The largest absolute Gasteiger partial charge is 0.316 e. The van der Waals surface area contributed by atoms with Crippen molar-refractivity contribution in [2.75, 3.05) is 13.1 Å². The highest BCUT2D eigenvalue weighted by molar-refractivity contribution is 5.25. The zero-order chi connectivity index (χ0) is 13.1. The fraction of sp³-hybridized carbons (Fsp3) is 0.588. The molecule has 1 saturated carbocycles. The summed E-state index contributed by atoms with van der Waals surface area (Å²) in [4.78, 5) is 0. The fourth-order valence-corrected chi connectivity index (χ4v) is 3.90. The molecule has 2 fully saturated rings. The molecule has 0 aromatic heterocycles. The third kappa shape index (κ3) is 2.82. The van der Waals surface area contributed by atoms with Crippen molar-refractivity contribution in [3.63, 3.8) is 0 Å². The predicted octanol–water partition coefficient (Wildman–Crippen LogP) is 3.07. The molecular weight excluding hydrogens is 232 g/mol. The Kier molecular flexibility index (Phi) is 3.57. The second-order valence-corrected chi connectivity index (χ2v) is 6.39. The molecule has 2 aliphatic rings. The molecule has 0 bridgehead atoms. The van der Waals surface area contributed by atoms with Crippen LogP contribution in [0.2, 0.25) is 0 Å². The van der Waals surface area contributed by atoms with Gasteiger partial charge in [-0.1, -0.05) is 24.3 Å². The van der Waals surface area contributed by atoms with Gasteiger partial charge in [0.1, 0.15) is 0 Å². The van der Waals surface area contributed by atoms with Gasteiger partial charge >= 0.3 is 0 Å². The van der Waals surface area contributed by atoms with E-state index >= 15 is 0 Å². The van der Waals surface area contributed by atoms with Crippen LogP contribution in [0, 0.1) is 22.7 Å². The molecule has 2 atom stereocenters. The summed E-state index contributed by atoms with van der Waals surface area (Å²) in [6, 6.07) is 10.9. The van der Waals surface area contributed by atoms with E-state index in [1.54, 1.807) is 0 Å². The van der Waals surface area contributed by atoms with E-state index in [0.717, 1.165) is 11.5 Å². The highest BCUT2D eigenvalue weighted by atomic mass is 14.9. The van der Waals surface area contributed by atoms with Gasteiger partial charge in [0.15, 0.2) is 0 Å². The molecule has 1 aliphatic carbocycles. The SMILES string of the molecule is N#CCc1ccc(CC2CCC3(CCNC3)C2)cc1. The van der Waals surface area contributed by atoms with Crippen molar-refractivity contribution in [3.05, 3.63) is 35.4 Å². The van der Waals surface area contributed by atoms with Gasteiger partial charge in [0.05, 0.1) is 12.5 Å². The van der Waals surface area contributed by atoms with Crippen LogP contribution in [0.5, 0.6) is 0 Å². The molecular formula is C17H22N2. The summed E-state index contributed by atoms with van der Waals surface area (Å²) in [6.07, 6.45) is 7.33. The Morgan fingerprint density at radius 2 is 2.00 bits per heavy atom. The van der Waals surface area contributed by atoms with Crippen LogP contribution in [0.15, 0.2) is 24.3 Å². The summed E-state index contributed by atoms with van der Waals surface area (Å²) in [6.45, 7) is 2.46. The lowest BCUT2D eigenvalue weighted by molar-refractivity contribution is 0.319. The van der Waals surface area contributed by atoms with Crippen LogP contribution in [0.25, 0.3) is 0 Å². The van der Waals surface area contributed by atoms with Gasteiger partial charge in [-0.05, 0) is 61.1 Å². The Morgan fingerprint density at radius 3 is 2.68 bits per heavy atom. The minimum atomic E-state index is 0.526. The number of nitriles is 1. The second kappa shape index (κ2) is 5.35. The number of rotatable bonds is 3. The van der Waals surface area contributed by atoms with Crippen LogP contribution in [-0.2, 0) is 12.8 Å². The van der Waals surface area contributed by atoms with E-state index in [1.807, 2.05) is 0 Å². The molecule has 1 saturated heterocycles. The van der Waals surface area contributed by atoms with Crippen molar-refractivity contribution in [3.8, 4) is 6.07 Å². The number of nitrogens with one attached hydrogen (secondary N) is 1. The minimum absolute atomic E-state index is 0.526. The summed E-state index contributed by atoms with van der Waals surface area (Å²) in [5, 5.41) is 12.2. The molecule has 1 aromatic carbocycles. The van der Waals surface area contributed by atoms with E-state index in [-0.39, 0.29) is 0 Å². The Labute approximate surface area is 115 Å². The molecule has 19 heavy (non-hydrogen) atoms. The molecule has 1 spiro atoms. The second-order valence-electron chi connectivity index (χ2n) is 6.39. The summed E-state index contributed by atoms with van der Waals surface area (Å²) >= 11 is 0. The molecule has 1 aliphatic heterocycles. The quantitative estimate of drug-likeness (QED) is 0.899. The van der Waals surface area contributed by atoms with Crippen LogP contribution in [0.1, 0.15) is 36.8 Å². The molecule has 1 N–H and O–H groups in total. The third-order valence-electron chi connectivity index (χ3n) is 4.97. The molecule has 0 amide bonds. The van der Waals surface area contributed by atoms with Gasteiger partial charge in [-0.15, -0.1) is 0 Å². The molecule has 2 unspecified atom stereocenters. The highest BCUT2D eigenvalue weighted by Gasteiger charge is 2.40. The smallest absolute Gasteiger partial charge is 0.0669 e. The zero-order valence-electron chi connectivity index (χ0n) is 11.5. The fourth-order valence-electron chi connectivity index (χ4n) is 3.90. The number of benzene rings is 1. The normalized spacial score (nSPS) is 29.7. The van der Waals surface area contributed by atoms with Gasteiger partial charge in [0.25, 0.3) is 0 Å². The lowest BCUT2D eigenvalue weighted by atomic mass is 9.84. The number of hydrogen-bond acceptors (Lipinski definition) is 2. The zero-order valence-corrected chi connectivity index (χ0v) is 11.5. The standard InChI is InChI=1S/C17H22N2/c18-9-6-14-1-3-15(4-2-14)11-16-5-7-17(12-16)8-10-19-13-17/h1-4,16,19H,5-8,10-13H2. The molecule has 2 nitrogen and oxygen atoms in total. The minimum Gasteiger partial charge on any atom is -0.316 e. The Hall–Kier alpha value is -1.33. The molecule has 2 heteroatoms. The first-order valence-electron chi connectivity index (χ1n) is 7.45. The molecule has 1 heterocycles. The van der Waals surface area contributed by atoms with Crippen LogP contribution in [0.3, 0.4) is 0 Å². The third-order valence-corrected chi connectivity index (χ3v) is 4.97. The van der Waals surface area contributed by atoms with E-state index in [0.29, 0.717) is 11.8 Å². The van der Waals surface area contributed by atoms with E-state index in [1.165, 1.54) is 50.8 Å². The van der Waals surface area contributed by atoms with Crippen LogP contribution in [-0.4, -0.2) is 13.1 Å². The lowest BCUT2D eigenvalue weighted by Gasteiger charge is -2.21. The summed E-state index contributed by atoms with van der Waals surface area (Å²) in [5.41, 5.74) is 3.20. The first kappa shape index (κ1) is 12.7. The van der Waals surface area contributed by atoms with Crippen molar-refractivity contribution >= 4 is 0 Å². The topological polar surface area (TPSA) is 35.8 Å². The van der Waals surface area contributed by atoms with Crippen LogP contribution >= 0.6 is 0 Å². The van der Waals surface area contributed by atoms with E-state index in [2.05, 4.69) is 35.7 Å². The maximum atomic E-state index is 8.68. The summed E-state index contributed by atoms with van der Waals surface area (Å²) in [5.74, 6) is 0.863. The van der Waals surface area contributed by atoms with Gasteiger partial charge in [0, 0.05) is 6.54 Å². The first-order valence-corrected chi connectivity index (χ1v) is 7.45. The molecule has 100 valence electrons. The summed E-state index contributed by atoms with van der Waals surface area (Å²) in [7, 11) is 0. The van der Waals surface area contributed by atoms with Crippen LogP contribution < -0.4 is 5.32 Å². The lowest BCUT2D eigenvalue weighted by Crippen LogP contribution is -2.20. The first-order chi connectivity index (χ1) is 9.30. The maximum Gasteiger partial charge on any atom is 0.0669 e. The van der Waals surface area contributed by atoms with Gasteiger partial charge in [-0.2, -0.15) is 5.26 Å². The maximum absolute atomic E-state index is 8.68. The average molecular weight is 254 g/mol. The Balaban J connectivity index is 1.58. The highest BCUT2D eigenvalue weighted by Crippen LogP contribution is 2.46. The molecule has 1 aromatic rings. The van der Waals surface area contributed by atoms with Crippen molar-refractivity contribution in [2.45, 2.75) is 38.5 Å². The Morgan fingerprint density at radius 1 is 1.21 bits per heavy atom. The molecule has 3 rings (SSSR count). The van der Waals surface area contributed by atoms with Gasteiger partial charge in [-0.25, -0.2) is 0 Å². The van der Waals surface area contributed by atoms with E-state index < -0.39 is 0 Å². The number of hydrogen-bond donors (Lipinski definition) is 1. The van der Waals surface area contributed by atoms with Crippen molar-refractivity contribution in [2.24, 2.45) is 11.3 Å². The number of nitrogens with zero attached hydrogens (tertiary/aromatic N) is 1. The van der Waals surface area contributed by atoms with E-state index in [4.69, 9.17) is 5.26 Å². The van der Waals surface area contributed by atoms with Crippen molar-refractivity contribution < 1.29 is 0 Å². The molecule has 0 radical (unpaired) electrons. The van der Waals surface area contributed by atoms with Gasteiger partial charge in [-0.3, -0.25) is 0 Å². The van der Waals surface area contributed by atoms with Crippen molar-refractivity contribution in [1.82, 2.24) is 5.32 Å². The van der Waals surface area contributed by atoms with Crippen molar-refractivity contribution in [1.29, 1.82) is 5.26 Å². The van der Waals surface area contributed by atoms with Gasteiger partial charge < -0.3 is 5.32 Å². The van der Waals surface area contributed by atoms with E-state index in [9.17, 15) is 0 Å². The average Bonchev–Trinajstić information content (AvgIpc) is 3.03. The van der Waals surface area contributed by atoms with Crippen LogP contribution in [0.4, 0.5) is 0 Å². The van der Waals surface area contributed by atoms with Gasteiger partial charge in [0.2, 0.25) is 0 Å². The summed E-state index contributed by atoms with van der Waals surface area (Å²) < 4.78 is 0.